The number of rotatable bonds is 5. The van der Waals surface area contributed by atoms with Gasteiger partial charge in [0.15, 0.2) is 0 Å². The molecule has 0 aliphatic heterocycles. The zero-order chi connectivity index (χ0) is 12.1. The van der Waals surface area contributed by atoms with E-state index in [1.807, 2.05) is 0 Å². The molecule has 0 rings (SSSR count). The first-order chi connectivity index (χ1) is 7.17. The summed E-state index contributed by atoms with van der Waals surface area (Å²) in [5.74, 6) is 7.61. The molecule has 0 heterocycles. The fourth-order valence-electron chi connectivity index (χ4n) is 1.06. The molecule has 0 fully saturated rings. The summed E-state index contributed by atoms with van der Waals surface area (Å²) in [7, 11) is 3.47. The molecule has 0 unspecified atom stereocenters. The highest BCUT2D eigenvalue weighted by molar-refractivity contribution is 5.20. The van der Waals surface area contributed by atoms with Crippen LogP contribution in [0.3, 0.4) is 0 Å². The average Bonchev–Trinajstić information content (AvgIpc) is 2.27. The topological polar surface area (TPSA) is 18.5 Å². The first-order valence-corrected chi connectivity index (χ1v) is 5.06. The molecule has 0 saturated carbocycles. The van der Waals surface area contributed by atoms with Crippen LogP contribution in [0.4, 0.5) is 0 Å². The van der Waals surface area contributed by atoms with Crippen molar-refractivity contribution in [3.05, 3.63) is 0 Å². The number of hydrogen-bond donors (Lipinski definition) is 0. The van der Waals surface area contributed by atoms with E-state index < -0.39 is 0 Å². The van der Waals surface area contributed by atoms with E-state index in [0.29, 0.717) is 12.0 Å². The van der Waals surface area contributed by atoms with E-state index in [-0.39, 0.29) is 0 Å². The number of hydrogen-bond acceptors (Lipinski definition) is 2. The van der Waals surface area contributed by atoms with E-state index in [0.717, 1.165) is 13.0 Å². The van der Waals surface area contributed by atoms with Crippen LogP contribution in [-0.2, 0) is 9.47 Å². The lowest BCUT2D eigenvalue weighted by molar-refractivity contribution is 0.0242. The fourth-order valence-corrected chi connectivity index (χ4v) is 1.06. The predicted octanol–water partition coefficient (Wildman–Crippen LogP) is 2.34. The van der Waals surface area contributed by atoms with Crippen molar-refractivity contribution in [3.63, 3.8) is 0 Å². The van der Waals surface area contributed by atoms with Crippen LogP contribution in [0.25, 0.3) is 0 Å². The Labute approximate surface area is 94.3 Å². The van der Waals surface area contributed by atoms with Crippen molar-refractivity contribution < 1.29 is 9.47 Å². The molecular formula is C13H22O2. The minimum atomic E-state index is 0.310. The van der Waals surface area contributed by atoms with Crippen LogP contribution in [0.1, 0.15) is 27.2 Å². The lowest BCUT2D eigenvalue weighted by atomic mass is 10.0. The Kier molecular flexibility index (Phi) is 14.3. The molecule has 0 spiro atoms. The maximum atomic E-state index is 5.18. The van der Waals surface area contributed by atoms with E-state index >= 15 is 0 Å². The summed E-state index contributed by atoms with van der Waals surface area (Å²) in [6.07, 6.45) is 6.14. The molecule has 0 aromatic heterocycles. The molecule has 15 heavy (non-hydrogen) atoms. The molecule has 0 N–H and O–H groups in total. The summed E-state index contributed by atoms with van der Waals surface area (Å²) in [6.45, 7) is 6.73. The molecule has 0 aliphatic carbocycles. The van der Waals surface area contributed by atoms with Gasteiger partial charge >= 0.3 is 0 Å². The molecule has 2 heteroatoms. The first kappa shape index (κ1) is 16.5. The van der Waals surface area contributed by atoms with Gasteiger partial charge in [-0.15, -0.1) is 6.42 Å². The van der Waals surface area contributed by atoms with Gasteiger partial charge in [0, 0.05) is 20.1 Å². The normalized spacial score (nSPS) is 12.3. The molecule has 0 aromatic carbocycles. The van der Waals surface area contributed by atoms with Crippen LogP contribution in [0, 0.1) is 30.1 Å². The minimum Gasteiger partial charge on any atom is -0.384 e. The van der Waals surface area contributed by atoms with Gasteiger partial charge in [-0.3, -0.25) is 0 Å². The Morgan fingerprint density at radius 3 is 2.13 bits per heavy atom. The Morgan fingerprint density at radius 2 is 1.93 bits per heavy atom. The van der Waals surface area contributed by atoms with Gasteiger partial charge in [-0.1, -0.05) is 12.8 Å². The molecule has 0 aromatic rings. The third-order valence-electron chi connectivity index (χ3n) is 2.14. The maximum absolute atomic E-state index is 5.18. The number of terminal acetylenes is 1. The zero-order valence-corrected chi connectivity index (χ0v) is 10.5. The van der Waals surface area contributed by atoms with Crippen molar-refractivity contribution in [2.75, 3.05) is 20.8 Å². The highest BCUT2D eigenvalue weighted by atomic mass is 16.5. The highest BCUT2D eigenvalue weighted by Gasteiger charge is 2.13. The van der Waals surface area contributed by atoms with E-state index in [4.69, 9.17) is 15.9 Å². The van der Waals surface area contributed by atoms with Gasteiger partial charge in [0.2, 0.25) is 0 Å². The average molecular weight is 210 g/mol. The van der Waals surface area contributed by atoms with Crippen LogP contribution in [0.5, 0.6) is 0 Å². The highest BCUT2D eigenvalue weighted by Crippen LogP contribution is 2.10. The van der Waals surface area contributed by atoms with Crippen molar-refractivity contribution in [2.45, 2.75) is 33.3 Å². The van der Waals surface area contributed by atoms with E-state index in [1.165, 1.54) is 0 Å². The van der Waals surface area contributed by atoms with Gasteiger partial charge in [-0.2, -0.15) is 0 Å². The van der Waals surface area contributed by atoms with Gasteiger partial charge in [0.05, 0.1) is 12.7 Å². The minimum absolute atomic E-state index is 0.310. The van der Waals surface area contributed by atoms with Crippen molar-refractivity contribution in [2.24, 2.45) is 5.92 Å². The molecule has 0 saturated heterocycles. The molecular weight excluding hydrogens is 188 g/mol. The smallest absolute Gasteiger partial charge is 0.0593 e. The van der Waals surface area contributed by atoms with E-state index in [1.54, 1.807) is 21.1 Å². The van der Waals surface area contributed by atoms with Crippen molar-refractivity contribution in [1.29, 1.82) is 0 Å². The van der Waals surface area contributed by atoms with E-state index in [2.05, 4.69) is 31.6 Å². The van der Waals surface area contributed by atoms with Gasteiger partial charge < -0.3 is 9.47 Å². The molecule has 0 aliphatic rings. The van der Waals surface area contributed by atoms with Gasteiger partial charge in [-0.05, 0) is 32.1 Å². The second kappa shape index (κ2) is 13.0. The fraction of sp³-hybridized carbons (Fsp3) is 0.692. The standard InChI is InChI=1S/C8H18O2.C5H4/c1-5-8(6-9-3)7(2)10-4;1-3-5-4-2/h7-8H,5-6H2,1-4H3;1H,2H3/t7-,8-;/m0./s1. The Bertz CT molecular complexity index is 217. The second-order valence-electron chi connectivity index (χ2n) is 3.08. The lowest BCUT2D eigenvalue weighted by Gasteiger charge is -2.19. The molecule has 0 amide bonds. The summed E-state index contributed by atoms with van der Waals surface area (Å²) < 4.78 is 10.2. The number of ether oxygens (including phenoxy) is 2. The molecule has 0 bridgehead atoms. The molecule has 0 radical (unpaired) electrons. The summed E-state index contributed by atoms with van der Waals surface area (Å²) in [6, 6.07) is 0. The first-order valence-electron chi connectivity index (χ1n) is 5.06. The molecule has 2 atom stereocenters. The van der Waals surface area contributed by atoms with Crippen LogP contribution < -0.4 is 0 Å². The summed E-state index contributed by atoms with van der Waals surface area (Å²) in [5.41, 5.74) is 0. The van der Waals surface area contributed by atoms with Gasteiger partial charge in [0.25, 0.3) is 0 Å². The summed E-state index contributed by atoms with van der Waals surface area (Å²) in [5, 5.41) is 0. The SMILES string of the molecule is C#CC#CC.CC[C@@H](COC)[C@H](C)OC. The quantitative estimate of drug-likeness (QED) is 0.648. The summed E-state index contributed by atoms with van der Waals surface area (Å²) >= 11 is 0. The monoisotopic (exact) mass is 210 g/mol. The Morgan fingerprint density at radius 1 is 1.33 bits per heavy atom. The third-order valence-corrected chi connectivity index (χ3v) is 2.14. The van der Waals surface area contributed by atoms with Crippen molar-refractivity contribution in [1.82, 2.24) is 0 Å². The lowest BCUT2D eigenvalue weighted by Crippen LogP contribution is -2.22. The third kappa shape index (κ3) is 11.0. The van der Waals surface area contributed by atoms with Gasteiger partial charge in [-0.25, -0.2) is 0 Å². The molecule has 2 nitrogen and oxygen atoms in total. The maximum Gasteiger partial charge on any atom is 0.0593 e. The van der Waals surface area contributed by atoms with Gasteiger partial charge in [0.1, 0.15) is 0 Å². The number of methoxy groups -OCH3 is 2. The van der Waals surface area contributed by atoms with E-state index in [9.17, 15) is 0 Å². The largest absolute Gasteiger partial charge is 0.384 e. The Hall–Kier alpha value is -0.960. The zero-order valence-electron chi connectivity index (χ0n) is 10.5. The predicted molar refractivity (Wildman–Crippen MR) is 64.4 cm³/mol. The Balaban J connectivity index is 0. The van der Waals surface area contributed by atoms with Crippen molar-refractivity contribution >= 4 is 0 Å². The summed E-state index contributed by atoms with van der Waals surface area (Å²) in [4.78, 5) is 0. The van der Waals surface area contributed by atoms with Crippen LogP contribution >= 0.6 is 0 Å². The van der Waals surface area contributed by atoms with Crippen molar-refractivity contribution in [3.8, 4) is 24.2 Å². The second-order valence-corrected chi connectivity index (χ2v) is 3.08. The van der Waals surface area contributed by atoms with Crippen LogP contribution in [0.2, 0.25) is 0 Å². The molecule has 86 valence electrons. The van der Waals surface area contributed by atoms with Crippen LogP contribution in [0.15, 0.2) is 0 Å². The van der Waals surface area contributed by atoms with Crippen LogP contribution in [-0.4, -0.2) is 26.9 Å².